The van der Waals surface area contributed by atoms with Gasteiger partial charge >= 0.3 is 0 Å². The van der Waals surface area contributed by atoms with Gasteiger partial charge in [-0.15, -0.1) is 0 Å². The summed E-state index contributed by atoms with van der Waals surface area (Å²) in [5.41, 5.74) is 0.845. The Morgan fingerprint density at radius 1 is 1.29 bits per heavy atom. The number of aromatic nitrogens is 2. The average Bonchev–Trinajstić information content (AvgIpc) is 3.04. The van der Waals surface area contributed by atoms with E-state index < -0.39 is 0 Å². The molecule has 6 heteroatoms. The highest BCUT2D eigenvalue weighted by atomic mass is 16.5. The lowest BCUT2D eigenvalue weighted by atomic mass is 10.4. The summed E-state index contributed by atoms with van der Waals surface area (Å²) in [6.07, 6.45) is 6.19. The van der Waals surface area contributed by atoms with Gasteiger partial charge in [0.25, 0.3) is 6.01 Å². The summed E-state index contributed by atoms with van der Waals surface area (Å²) in [5, 5.41) is 0. The molecular weight excluding hydrogens is 270 g/mol. The Balaban J connectivity index is 2.01. The molecule has 0 unspecified atom stereocenters. The lowest BCUT2D eigenvalue weighted by Crippen LogP contribution is -2.08. The average molecular weight is 291 g/mol. The quantitative estimate of drug-likeness (QED) is 0.730. The number of rotatable bonds is 7. The molecule has 0 fully saturated rings. The van der Waals surface area contributed by atoms with Gasteiger partial charge in [-0.3, -0.25) is 0 Å². The first kappa shape index (κ1) is 15.3. The third-order valence-electron chi connectivity index (χ3n) is 2.77. The third-order valence-corrected chi connectivity index (χ3v) is 2.77. The van der Waals surface area contributed by atoms with Crippen molar-refractivity contribution in [3.63, 3.8) is 0 Å². The Hall–Kier alpha value is -2.08. The molecule has 0 saturated carbocycles. The normalized spacial score (nSPS) is 11.4. The molecule has 0 amide bonds. The fourth-order valence-electron chi connectivity index (χ4n) is 1.68. The van der Waals surface area contributed by atoms with E-state index in [2.05, 4.69) is 16.9 Å². The Morgan fingerprint density at radius 3 is 2.76 bits per heavy atom. The fraction of sp³-hybridized carbons (Fsp3) is 0.467. The van der Waals surface area contributed by atoms with E-state index in [1.807, 2.05) is 21.0 Å². The van der Waals surface area contributed by atoms with Crippen LogP contribution in [0.25, 0.3) is 12.2 Å². The van der Waals surface area contributed by atoms with E-state index in [9.17, 15) is 0 Å². The van der Waals surface area contributed by atoms with Gasteiger partial charge in [0.1, 0.15) is 12.4 Å². The minimum atomic E-state index is 0.452. The maximum absolute atomic E-state index is 5.64. The molecule has 0 saturated heterocycles. The van der Waals surface area contributed by atoms with E-state index in [-0.39, 0.29) is 0 Å². The molecule has 0 aliphatic carbocycles. The molecule has 0 aromatic carbocycles. The maximum atomic E-state index is 5.64. The lowest BCUT2D eigenvalue weighted by molar-refractivity contribution is 0.106. The van der Waals surface area contributed by atoms with Crippen molar-refractivity contribution < 1.29 is 13.6 Å². The molecule has 0 radical (unpaired) electrons. The van der Waals surface area contributed by atoms with Crippen LogP contribution in [-0.4, -0.2) is 30.7 Å². The number of ether oxygens (including phenoxy) is 1. The van der Waals surface area contributed by atoms with Crippen molar-refractivity contribution in [3.05, 3.63) is 29.3 Å². The van der Waals surface area contributed by atoms with Crippen LogP contribution in [0.4, 0.5) is 6.01 Å². The number of aryl methyl sites for hydroxylation is 1. The molecule has 2 rings (SSSR count). The predicted molar refractivity (Wildman–Crippen MR) is 80.9 cm³/mol. The molecule has 0 spiro atoms. The zero-order chi connectivity index (χ0) is 15.2. The standard InChI is InChI=1S/C15H21N3O3/c1-5-8-19-10-13-11(2)17-14(21-13)7-6-12-9-16-15(20-12)18(3)4/h6-7,9H,5,8,10H2,1-4H3/b7-6+. The highest BCUT2D eigenvalue weighted by molar-refractivity contribution is 5.63. The van der Waals surface area contributed by atoms with Crippen LogP contribution in [0.1, 0.15) is 36.4 Å². The van der Waals surface area contributed by atoms with Crippen LogP contribution < -0.4 is 4.90 Å². The fourth-order valence-corrected chi connectivity index (χ4v) is 1.68. The van der Waals surface area contributed by atoms with Crippen molar-refractivity contribution in [2.75, 3.05) is 25.6 Å². The van der Waals surface area contributed by atoms with Crippen molar-refractivity contribution >= 4 is 18.2 Å². The van der Waals surface area contributed by atoms with Crippen LogP contribution in [-0.2, 0) is 11.3 Å². The highest BCUT2D eigenvalue weighted by Crippen LogP contribution is 2.16. The van der Waals surface area contributed by atoms with E-state index in [4.69, 9.17) is 13.6 Å². The number of hydrogen-bond donors (Lipinski definition) is 0. The summed E-state index contributed by atoms with van der Waals surface area (Å²) in [5.74, 6) is 1.94. The van der Waals surface area contributed by atoms with E-state index in [1.54, 1.807) is 23.2 Å². The summed E-state index contributed by atoms with van der Waals surface area (Å²) in [4.78, 5) is 10.3. The van der Waals surface area contributed by atoms with Crippen LogP contribution >= 0.6 is 0 Å². The molecule has 0 atom stereocenters. The van der Waals surface area contributed by atoms with Crippen LogP contribution in [0, 0.1) is 6.92 Å². The molecule has 21 heavy (non-hydrogen) atoms. The van der Waals surface area contributed by atoms with Gasteiger partial charge in [0.2, 0.25) is 5.89 Å². The molecular formula is C15H21N3O3. The Bertz CT molecular complexity index is 599. The first-order valence-electron chi connectivity index (χ1n) is 6.95. The predicted octanol–water partition coefficient (Wildman–Crippen LogP) is 3.13. The molecule has 0 aliphatic heterocycles. The number of hydrogen-bond acceptors (Lipinski definition) is 6. The Morgan fingerprint density at radius 2 is 2.10 bits per heavy atom. The van der Waals surface area contributed by atoms with E-state index in [1.165, 1.54) is 0 Å². The maximum Gasteiger partial charge on any atom is 0.297 e. The number of anilines is 1. The van der Waals surface area contributed by atoms with Crippen molar-refractivity contribution in [3.8, 4) is 0 Å². The third kappa shape index (κ3) is 4.19. The Kier molecular flexibility index (Phi) is 5.16. The van der Waals surface area contributed by atoms with E-state index >= 15 is 0 Å². The van der Waals surface area contributed by atoms with Gasteiger partial charge in [0.05, 0.1) is 11.9 Å². The van der Waals surface area contributed by atoms with Gasteiger partial charge in [-0.2, -0.15) is 0 Å². The van der Waals surface area contributed by atoms with Crippen LogP contribution in [0.5, 0.6) is 0 Å². The van der Waals surface area contributed by atoms with Gasteiger partial charge in [-0.25, -0.2) is 9.97 Å². The summed E-state index contributed by atoms with van der Waals surface area (Å²) >= 11 is 0. The molecule has 2 heterocycles. The van der Waals surface area contributed by atoms with Crippen LogP contribution in [0.3, 0.4) is 0 Å². The van der Waals surface area contributed by atoms with Crippen molar-refractivity contribution in [2.45, 2.75) is 26.9 Å². The number of oxazole rings is 2. The molecule has 6 nitrogen and oxygen atoms in total. The van der Waals surface area contributed by atoms with Gasteiger partial charge in [0.15, 0.2) is 5.76 Å². The first-order chi connectivity index (χ1) is 10.1. The molecule has 0 N–H and O–H groups in total. The highest BCUT2D eigenvalue weighted by Gasteiger charge is 2.08. The molecule has 2 aromatic heterocycles. The first-order valence-corrected chi connectivity index (χ1v) is 6.95. The molecule has 114 valence electrons. The summed E-state index contributed by atoms with van der Waals surface area (Å²) < 4.78 is 16.6. The van der Waals surface area contributed by atoms with Crippen LogP contribution in [0.15, 0.2) is 15.0 Å². The second-order valence-corrected chi connectivity index (χ2v) is 4.89. The molecule has 2 aromatic rings. The van der Waals surface area contributed by atoms with Gasteiger partial charge < -0.3 is 18.5 Å². The van der Waals surface area contributed by atoms with Crippen molar-refractivity contribution in [1.82, 2.24) is 9.97 Å². The van der Waals surface area contributed by atoms with Crippen molar-refractivity contribution in [1.29, 1.82) is 0 Å². The molecule has 0 bridgehead atoms. The second kappa shape index (κ2) is 7.08. The van der Waals surface area contributed by atoms with E-state index in [0.29, 0.717) is 24.3 Å². The van der Waals surface area contributed by atoms with Crippen molar-refractivity contribution in [2.24, 2.45) is 0 Å². The minimum Gasteiger partial charge on any atom is -0.439 e. The second-order valence-electron chi connectivity index (χ2n) is 4.89. The summed E-state index contributed by atoms with van der Waals surface area (Å²) in [6.45, 7) is 5.15. The SMILES string of the molecule is CCCOCc1oc(/C=C/c2cnc(N(C)C)o2)nc1C. The van der Waals surface area contributed by atoms with Gasteiger partial charge in [-0.1, -0.05) is 6.92 Å². The molecule has 0 aliphatic rings. The monoisotopic (exact) mass is 291 g/mol. The number of nitrogens with zero attached hydrogens (tertiary/aromatic N) is 3. The smallest absolute Gasteiger partial charge is 0.297 e. The minimum absolute atomic E-state index is 0.452. The Labute approximate surface area is 124 Å². The zero-order valence-corrected chi connectivity index (χ0v) is 12.9. The largest absolute Gasteiger partial charge is 0.439 e. The zero-order valence-electron chi connectivity index (χ0n) is 12.9. The van der Waals surface area contributed by atoms with E-state index in [0.717, 1.165) is 24.5 Å². The van der Waals surface area contributed by atoms with Gasteiger partial charge in [0, 0.05) is 26.8 Å². The summed E-state index contributed by atoms with van der Waals surface area (Å²) in [7, 11) is 3.75. The topological polar surface area (TPSA) is 64.5 Å². The van der Waals surface area contributed by atoms with Crippen LogP contribution in [0.2, 0.25) is 0 Å². The van der Waals surface area contributed by atoms with Gasteiger partial charge in [-0.05, 0) is 19.4 Å². The summed E-state index contributed by atoms with van der Waals surface area (Å²) in [6, 6.07) is 0.562. The lowest BCUT2D eigenvalue weighted by Gasteiger charge is -2.03.